The number of rotatable bonds is 11. The molecule has 1 N–H and O–H groups in total. The van der Waals surface area contributed by atoms with Gasteiger partial charge in [-0.15, -0.1) is 0 Å². The number of hydrogen-bond donors (Lipinski definition) is 1. The van der Waals surface area contributed by atoms with Crippen LogP contribution in [0.25, 0.3) is 0 Å². The largest absolute Gasteiger partial charge is 0.487 e. The summed E-state index contributed by atoms with van der Waals surface area (Å²) in [7, 11) is 0. The Kier molecular flexibility index (Phi) is 11.8. The van der Waals surface area contributed by atoms with Gasteiger partial charge in [0.05, 0.1) is 0 Å². The summed E-state index contributed by atoms with van der Waals surface area (Å²) in [5.74, 6) is 0.911. The number of nitrogens with one attached hydrogen (secondary N) is 1. The minimum Gasteiger partial charge on any atom is -0.487 e. The number of benzene rings is 2. The van der Waals surface area contributed by atoms with Gasteiger partial charge in [-0.2, -0.15) is 0 Å². The van der Waals surface area contributed by atoms with Gasteiger partial charge in [-0.1, -0.05) is 53.1 Å². The van der Waals surface area contributed by atoms with Crippen LogP contribution in [-0.4, -0.2) is 17.6 Å². The zero-order chi connectivity index (χ0) is 30.9. The maximum absolute atomic E-state index is 12.6. The standard InChI is InChI=1S/C37H49NO4/c1-25(2)15-12-16-26(3)17-13-18-27(4)19-14-23-37(8)24-22-32-30(7)33(28(5)29(6)34(32)42-37)41-36(40)38-35(39)31-20-10-9-11-21-31/h9-11,15,17,19-21H,12-14,16,18,22-24H2,1-8H3,(H,38,39,40)/t37-/m1/s1. The maximum atomic E-state index is 12.6. The van der Waals surface area contributed by atoms with Gasteiger partial charge in [0.15, 0.2) is 0 Å². The Morgan fingerprint density at radius 3 is 2.14 bits per heavy atom. The molecule has 0 aromatic heterocycles. The number of carbonyl (C=O) groups excluding carboxylic acids is 2. The summed E-state index contributed by atoms with van der Waals surface area (Å²) in [5, 5.41) is 2.33. The van der Waals surface area contributed by atoms with Crippen molar-refractivity contribution in [3.63, 3.8) is 0 Å². The average molecular weight is 572 g/mol. The van der Waals surface area contributed by atoms with Crippen molar-refractivity contribution in [2.75, 3.05) is 0 Å². The molecule has 1 atom stereocenters. The molecule has 0 spiro atoms. The first-order valence-electron chi connectivity index (χ1n) is 15.2. The van der Waals surface area contributed by atoms with E-state index in [0.29, 0.717) is 11.3 Å². The molecule has 0 saturated carbocycles. The van der Waals surface area contributed by atoms with Crippen molar-refractivity contribution < 1.29 is 19.1 Å². The summed E-state index contributed by atoms with van der Waals surface area (Å²) in [6, 6.07) is 8.63. The summed E-state index contributed by atoms with van der Waals surface area (Å²) in [4.78, 5) is 25.0. The Morgan fingerprint density at radius 1 is 0.881 bits per heavy atom. The third-order valence-corrected chi connectivity index (χ3v) is 8.30. The number of ether oxygens (including phenoxy) is 2. The van der Waals surface area contributed by atoms with Gasteiger partial charge in [0.25, 0.3) is 5.91 Å². The van der Waals surface area contributed by atoms with E-state index in [1.165, 1.54) is 16.7 Å². The van der Waals surface area contributed by atoms with Gasteiger partial charge in [0.1, 0.15) is 17.1 Å². The molecule has 2 aromatic rings. The van der Waals surface area contributed by atoms with E-state index in [1.807, 2.05) is 26.8 Å². The van der Waals surface area contributed by atoms with Crippen molar-refractivity contribution in [2.24, 2.45) is 0 Å². The monoisotopic (exact) mass is 571 g/mol. The Balaban J connectivity index is 1.59. The first-order valence-corrected chi connectivity index (χ1v) is 15.2. The lowest BCUT2D eigenvalue weighted by atomic mass is 9.85. The number of carbonyl (C=O) groups is 2. The van der Waals surface area contributed by atoms with Crippen molar-refractivity contribution in [1.82, 2.24) is 5.32 Å². The molecule has 5 heteroatoms. The van der Waals surface area contributed by atoms with Gasteiger partial charge in [0, 0.05) is 11.1 Å². The quantitative estimate of drug-likeness (QED) is 0.273. The third-order valence-electron chi connectivity index (χ3n) is 8.30. The summed E-state index contributed by atoms with van der Waals surface area (Å²) in [6.07, 6.45) is 14.4. The fourth-order valence-corrected chi connectivity index (χ4v) is 5.45. The zero-order valence-electron chi connectivity index (χ0n) is 26.9. The van der Waals surface area contributed by atoms with E-state index in [4.69, 9.17) is 9.47 Å². The van der Waals surface area contributed by atoms with Crippen molar-refractivity contribution in [3.05, 3.63) is 93.1 Å². The Labute approximate surface area is 253 Å². The van der Waals surface area contributed by atoms with Crippen LogP contribution in [0, 0.1) is 20.8 Å². The van der Waals surface area contributed by atoms with Crippen LogP contribution in [0.15, 0.2) is 65.3 Å². The highest BCUT2D eigenvalue weighted by atomic mass is 16.6. The number of fused-ring (bicyclic) bond motifs is 1. The molecule has 1 aliphatic rings. The van der Waals surface area contributed by atoms with Crippen LogP contribution < -0.4 is 14.8 Å². The highest BCUT2D eigenvalue weighted by Gasteiger charge is 2.34. The molecule has 5 nitrogen and oxygen atoms in total. The molecule has 0 fully saturated rings. The van der Waals surface area contributed by atoms with E-state index in [1.54, 1.807) is 24.3 Å². The average Bonchev–Trinajstić information content (AvgIpc) is 2.94. The summed E-state index contributed by atoms with van der Waals surface area (Å²) < 4.78 is 12.4. The lowest BCUT2D eigenvalue weighted by Gasteiger charge is -2.38. The smallest absolute Gasteiger partial charge is 0.419 e. The van der Waals surface area contributed by atoms with Gasteiger partial charge >= 0.3 is 6.09 Å². The molecular formula is C37H49NO4. The van der Waals surface area contributed by atoms with Gasteiger partial charge in [0.2, 0.25) is 0 Å². The van der Waals surface area contributed by atoms with Crippen LogP contribution in [-0.2, 0) is 6.42 Å². The summed E-state index contributed by atoms with van der Waals surface area (Å²) >= 11 is 0. The van der Waals surface area contributed by atoms with Crippen LogP contribution >= 0.6 is 0 Å². The summed E-state index contributed by atoms with van der Waals surface area (Å²) in [5.41, 5.74) is 8.21. The number of hydrogen-bond acceptors (Lipinski definition) is 4. The molecule has 1 heterocycles. The molecule has 42 heavy (non-hydrogen) atoms. The lowest BCUT2D eigenvalue weighted by molar-refractivity contribution is 0.0558. The van der Waals surface area contributed by atoms with Crippen molar-refractivity contribution in [2.45, 2.75) is 112 Å². The third kappa shape index (κ3) is 9.20. The van der Waals surface area contributed by atoms with Crippen molar-refractivity contribution >= 4 is 12.0 Å². The molecule has 2 aromatic carbocycles. The molecule has 2 amide bonds. The number of imide groups is 1. The van der Waals surface area contributed by atoms with Gasteiger partial charge < -0.3 is 9.47 Å². The molecule has 226 valence electrons. The normalized spacial score (nSPS) is 16.8. The predicted molar refractivity (Wildman–Crippen MR) is 173 cm³/mol. The molecule has 3 rings (SSSR count). The van der Waals surface area contributed by atoms with Crippen LogP contribution in [0.5, 0.6) is 11.5 Å². The molecular weight excluding hydrogens is 522 g/mol. The zero-order valence-corrected chi connectivity index (χ0v) is 26.9. The van der Waals surface area contributed by atoms with Crippen LogP contribution in [0.1, 0.15) is 112 Å². The molecule has 0 unspecified atom stereocenters. The molecule has 0 saturated heterocycles. The first kappa shape index (κ1) is 32.9. The van der Waals surface area contributed by atoms with E-state index >= 15 is 0 Å². The Hall–Kier alpha value is -3.60. The first-order chi connectivity index (χ1) is 19.9. The lowest BCUT2D eigenvalue weighted by Crippen LogP contribution is -2.37. The minimum absolute atomic E-state index is 0.253. The Morgan fingerprint density at radius 2 is 1.50 bits per heavy atom. The van der Waals surface area contributed by atoms with E-state index in [2.05, 4.69) is 58.2 Å². The molecule has 0 radical (unpaired) electrons. The Bertz CT molecular complexity index is 1360. The highest BCUT2D eigenvalue weighted by Crippen LogP contribution is 2.45. The van der Waals surface area contributed by atoms with Gasteiger partial charge in [-0.25, -0.2) is 4.79 Å². The van der Waals surface area contributed by atoms with Gasteiger partial charge in [-0.3, -0.25) is 10.1 Å². The predicted octanol–water partition coefficient (Wildman–Crippen LogP) is 9.82. The van der Waals surface area contributed by atoms with Crippen molar-refractivity contribution in [1.29, 1.82) is 0 Å². The topological polar surface area (TPSA) is 64.6 Å². The van der Waals surface area contributed by atoms with Gasteiger partial charge in [-0.05, 0) is 136 Å². The SMILES string of the molecule is CC(C)=CCCC(C)=CCCC(C)=CCC[C@]1(C)CCc2c(C)c(OC(=O)NC(=O)c3ccccc3)c(C)c(C)c2O1. The minimum atomic E-state index is -0.785. The maximum Gasteiger partial charge on any atom is 0.419 e. The highest BCUT2D eigenvalue weighted by molar-refractivity contribution is 6.03. The van der Waals surface area contributed by atoms with Crippen LogP contribution in [0.2, 0.25) is 0 Å². The molecule has 0 bridgehead atoms. The van der Waals surface area contributed by atoms with E-state index in [0.717, 1.165) is 79.4 Å². The number of amides is 2. The second kappa shape index (κ2) is 15.0. The molecule has 1 aliphatic heterocycles. The second-order valence-corrected chi connectivity index (χ2v) is 12.3. The van der Waals surface area contributed by atoms with E-state index < -0.39 is 12.0 Å². The van der Waals surface area contributed by atoms with Crippen LogP contribution in [0.3, 0.4) is 0 Å². The fraction of sp³-hybridized carbons (Fsp3) is 0.459. The fourth-order valence-electron chi connectivity index (χ4n) is 5.45. The molecule has 0 aliphatic carbocycles. The summed E-state index contributed by atoms with van der Waals surface area (Å²) in [6.45, 7) is 16.9. The number of allylic oxidation sites excluding steroid dienone is 6. The van der Waals surface area contributed by atoms with Crippen molar-refractivity contribution in [3.8, 4) is 11.5 Å². The van der Waals surface area contributed by atoms with E-state index in [9.17, 15) is 9.59 Å². The van der Waals surface area contributed by atoms with E-state index in [-0.39, 0.29) is 5.60 Å². The van der Waals surface area contributed by atoms with Crippen LogP contribution in [0.4, 0.5) is 4.79 Å². The second-order valence-electron chi connectivity index (χ2n) is 12.3.